The van der Waals surface area contributed by atoms with Crippen LogP contribution in [0.25, 0.3) is 0 Å². The Bertz CT molecular complexity index is 301. The lowest BCUT2D eigenvalue weighted by Crippen LogP contribution is -2.43. The van der Waals surface area contributed by atoms with Gasteiger partial charge in [-0.3, -0.25) is 9.59 Å². The Morgan fingerprint density at radius 3 is 2.18 bits per heavy atom. The SMILES string of the molecule is CC(=O)NC([PH3+])COC(=O)C(CI)NC(C)=O. The molecule has 0 saturated heterocycles. The third-order valence-corrected chi connectivity index (χ3v) is 2.97. The summed E-state index contributed by atoms with van der Waals surface area (Å²) in [6.07, 6.45) is 0. The van der Waals surface area contributed by atoms with Gasteiger partial charge in [-0.2, -0.15) is 0 Å². The Kier molecular flexibility index (Phi) is 8.41. The van der Waals surface area contributed by atoms with Gasteiger partial charge in [0, 0.05) is 27.5 Å². The average molecular weight is 375 g/mol. The summed E-state index contributed by atoms with van der Waals surface area (Å²) in [5, 5.41) is 5.09. The highest BCUT2D eigenvalue weighted by molar-refractivity contribution is 14.1. The number of amides is 2. The summed E-state index contributed by atoms with van der Waals surface area (Å²) >= 11 is 1.99. The number of hydrogen-bond acceptors (Lipinski definition) is 4. The van der Waals surface area contributed by atoms with Crippen molar-refractivity contribution in [2.75, 3.05) is 11.0 Å². The first-order valence-corrected chi connectivity index (χ1v) is 7.31. The van der Waals surface area contributed by atoms with Gasteiger partial charge in [0.2, 0.25) is 11.8 Å². The maximum absolute atomic E-state index is 11.5. The normalized spacial score (nSPS) is 13.6. The van der Waals surface area contributed by atoms with E-state index in [1.807, 2.05) is 22.6 Å². The first kappa shape index (κ1) is 16.6. The van der Waals surface area contributed by atoms with E-state index in [4.69, 9.17) is 4.74 Å². The Balaban J connectivity index is 4.05. The molecule has 0 fully saturated rings. The van der Waals surface area contributed by atoms with Gasteiger partial charge < -0.3 is 15.4 Å². The molecular weight excluding hydrogens is 358 g/mol. The van der Waals surface area contributed by atoms with Crippen LogP contribution >= 0.6 is 31.8 Å². The molecule has 2 N–H and O–H groups in total. The standard InChI is InChI=1S/C9H16IN2O4P/c1-5(13)11-7(3-10)9(15)16-4-8(17)12-6(2)14/h7-8H,3-4,17H2,1-2H3,(H,11,13)(H,12,14)/p+1. The fourth-order valence-electron chi connectivity index (χ4n) is 1.02. The minimum absolute atomic E-state index is 0.101. The molecule has 0 aliphatic rings. The number of alkyl halides is 1. The first-order valence-electron chi connectivity index (χ1n) is 4.96. The van der Waals surface area contributed by atoms with Gasteiger partial charge in [0.1, 0.15) is 12.6 Å². The van der Waals surface area contributed by atoms with Crippen molar-refractivity contribution in [2.24, 2.45) is 0 Å². The van der Waals surface area contributed by atoms with Crippen LogP contribution in [0.2, 0.25) is 0 Å². The molecule has 0 aliphatic carbocycles. The van der Waals surface area contributed by atoms with E-state index >= 15 is 0 Å². The smallest absolute Gasteiger partial charge is 0.329 e. The first-order chi connectivity index (χ1) is 7.86. The number of nitrogens with one attached hydrogen (secondary N) is 2. The monoisotopic (exact) mass is 375 g/mol. The largest absolute Gasteiger partial charge is 0.458 e. The van der Waals surface area contributed by atoms with Crippen molar-refractivity contribution in [1.82, 2.24) is 10.6 Å². The lowest BCUT2D eigenvalue weighted by Gasteiger charge is -2.15. The molecule has 0 bridgehead atoms. The predicted molar refractivity (Wildman–Crippen MR) is 76.2 cm³/mol. The van der Waals surface area contributed by atoms with E-state index in [2.05, 4.69) is 10.6 Å². The van der Waals surface area contributed by atoms with E-state index < -0.39 is 12.0 Å². The highest BCUT2D eigenvalue weighted by Crippen LogP contribution is 2.00. The zero-order valence-electron chi connectivity index (χ0n) is 9.79. The van der Waals surface area contributed by atoms with Gasteiger partial charge in [-0.05, 0) is 0 Å². The van der Waals surface area contributed by atoms with Crippen LogP contribution in [0.4, 0.5) is 0 Å². The van der Waals surface area contributed by atoms with Crippen LogP contribution in [0.5, 0.6) is 0 Å². The van der Waals surface area contributed by atoms with Crippen LogP contribution < -0.4 is 10.6 Å². The number of esters is 1. The van der Waals surface area contributed by atoms with Crippen LogP contribution in [0.3, 0.4) is 0 Å². The zero-order valence-corrected chi connectivity index (χ0v) is 13.4. The van der Waals surface area contributed by atoms with Crippen LogP contribution in [-0.2, 0) is 19.1 Å². The molecule has 0 rings (SSSR count). The molecule has 3 unspecified atom stereocenters. The molecular formula is C9H17IN2O4P+. The number of ether oxygens (including phenoxy) is 1. The summed E-state index contributed by atoms with van der Waals surface area (Å²) < 4.78 is 5.43. The average Bonchev–Trinajstić information content (AvgIpc) is 2.21. The number of carbonyl (C=O) groups excluding carboxylic acids is 3. The molecule has 0 aliphatic heterocycles. The van der Waals surface area contributed by atoms with Crippen LogP contribution in [0.15, 0.2) is 0 Å². The van der Waals surface area contributed by atoms with Crippen molar-refractivity contribution >= 4 is 49.6 Å². The number of hydrogen-bond donors (Lipinski definition) is 2. The van der Waals surface area contributed by atoms with Crippen molar-refractivity contribution < 1.29 is 19.1 Å². The number of rotatable bonds is 6. The molecule has 8 heteroatoms. The van der Waals surface area contributed by atoms with Gasteiger partial charge in [-0.15, -0.1) is 0 Å². The maximum atomic E-state index is 11.5. The third-order valence-electron chi connectivity index (χ3n) is 1.65. The molecule has 98 valence electrons. The zero-order chi connectivity index (χ0) is 13.4. The van der Waals surface area contributed by atoms with Gasteiger partial charge in [-0.1, -0.05) is 22.6 Å². The van der Waals surface area contributed by atoms with Gasteiger partial charge in [0.15, 0.2) is 5.78 Å². The van der Waals surface area contributed by atoms with Crippen molar-refractivity contribution in [3.05, 3.63) is 0 Å². The van der Waals surface area contributed by atoms with Crippen molar-refractivity contribution in [2.45, 2.75) is 25.7 Å². The molecule has 0 saturated carbocycles. The summed E-state index contributed by atoms with van der Waals surface area (Å²) in [6.45, 7) is 2.84. The van der Waals surface area contributed by atoms with Gasteiger partial charge >= 0.3 is 5.97 Å². The third kappa shape index (κ3) is 8.31. The van der Waals surface area contributed by atoms with Crippen molar-refractivity contribution in [3.8, 4) is 0 Å². The maximum Gasteiger partial charge on any atom is 0.329 e. The molecule has 0 radical (unpaired) electrons. The fraction of sp³-hybridized carbons (Fsp3) is 0.667. The quantitative estimate of drug-likeness (QED) is 0.285. The summed E-state index contributed by atoms with van der Waals surface area (Å²) in [5.74, 6) is -1.16. The van der Waals surface area contributed by atoms with E-state index in [0.717, 1.165) is 0 Å². The molecule has 17 heavy (non-hydrogen) atoms. The molecule has 0 aromatic carbocycles. The molecule has 0 heterocycles. The Morgan fingerprint density at radius 2 is 1.76 bits per heavy atom. The summed E-state index contributed by atoms with van der Waals surface area (Å²) in [6, 6.07) is -0.638. The molecule has 0 aromatic heterocycles. The number of halogens is 1. The minimum atomic E-state index is -0.638. The van der Waals surface area contributed by atoms with Crippen molar-refractivity contribution in [3.63, 3.8) is 0 Å². The van der Waals surface area contributed by atoms with E-state index in [9.17, 15) is 14.4 Å². The lowest BCUT2D eigenvalue weighted by molar-refractivity contribution is -0.147. The molecule has 0 spiro atoms. The molecule has 2 amide bonds. The second-order valence-electron chi connectivity index (χ2n) is 3.43. The van der Waals surface area contributed by atoms with Crippen LogP contribution in [0, 0.1) is 0 Å². The summed E-state index contributed by atoms with van der Waals surface area (Å²) in [4.78, 5) is 33.1. The predicted octanol–water partition coefficient (Wildman–Crippen LogP) is -0.461. The van der Waals surface area contributed by atoms with E-state index in [-0.39, 0.29) is 24.2 Å². The molecule has 0 aromatic rings. The van der Waals surface area contributed by atoms with Crippen LogP contribution in [0.1, 0.15) is 13.8 Å². The second kappa shape index (κ2) is 8.63. The van der Waals surface area contributed by atoms with Crippen LogP contribution in [-0.4, -0.2) is 40.6 Å². The van der Waals surface area contributed by atoms with Gasteiger partial charge in [0.05, 0.1) is 0 Å². The number of carbonyl (C=O) groups is 3. The van der Waals surface area contributed by atoms with E-state index in [1.165, 1.54) is 23.1 Å². The van der Waals surface area contributed by atoms with Crippen molar-refractivity contribution in [1.29, 1.82) is 0 Å². The molecule has 6 nitrogen and oxygen atoms in total. The summed E-state index contributed by atoms with van der Waals surface area (Å²) in [7, 11) is 1.52. The van der Waals surface area contributed by atoms with E-state index in [0.29, 0.717) is 4.43 Å². The Hall–Kier alpha value is -0.430. The second-order valence-corrected chi connectivity index (χ2v) is 5.30. The topological polar surface area (TPSA) is 84.5 Å². The Morgan fingerprint density at radius 1 is 1.24 bits per heavy atom. The van der Waals surface area contributed by atoms with Gasteiger partial charge in [-0.25, -0.2) is 4.79 Å². The highest BCUT2D eigenvalue weighted by Gasteiger charge is 2.21. The highest BCUT2D eigenvalue weighted by atomic mass is 127. The fourth-order valence-corrected chi connectivity index (χ4v) is 2.00. The lowest BCUT2D eigenvalue weighted by atomic mass is 10.3. The minimum Gasteiger partial charge on any atom is -0.458 e. The van der Waals surface area contributed by atoms with Gasteiger partial charge in [0.25, 0.3) is 0 Å². The Labute approximate surface area is 116 Å². The summed E-state index contributed by atoms with van der Waals surface area (Å²) in [5.41, 5.74) is 0. The molecule has 3 atom stereocenters. The van der Waals surface area contributed by atoms with E-state index in [1.54, 1.807) is 0 Å².